The molecule has 2 amide bonds. The van der Waals surface area contributed by atoms with Crippen LogP contribution in [0.5, 0.6) is 0 Å². The number of nitro groups is 1. The summed E-state index contributed by atoms with van der Waals surface area (Å²) in [4.78, 5) is 41.7. The van der Waals surface area contributed by atoms with E-state index in [1.54, 1.807) is 36.4 Å². The van der Waals surface area contributed by atoms with Crippen LogP contribution >= 0.6 is 0 Å². The highest BCUT2D eigenvalue weighted by atomic mass is 32.2. The summed E-state index contributed by atoms with van der Waals surface area (Å²) in [7, 11) is -4.21. The summed E-state index contributed by atoms with van der Waals surface area (Å²) in [6.45, 7) is 0. The number of carboxylic acids is 1. The fraction of sp³-hybridized carbons (Fsp3) is 0.0690. The van der Waals surface area contributed by atoms with Gasteiger partial charge in [0.25, 0.3) is 5.69 Å². The summed E-state index contributed by atoms with van der Waals surface area (Å²) >= 11 is 0. The molecule has 1 aromatic heterocycles. The van der Waals surface area contributed by atoms with Gasteiger partial charge in [-0.15, -0.1) is 0 Å². The lowest BCUT2D eigenvalue weighted by Crippen LogP contribution is -2.30. The lowest BCUT2D eigenvalue weighted by atomic mass is 10.0. The van der Waals surface area contributed by atoms with E-state index in [1.165, 1.54) is 30.3 Å². The van der Waals surface area contributed by atoms with Crippen molar-refractivity contribution in [3.63, 3.8) is 0 Å². The number of aliphatic carboxylic acids is 1. The van der Waals surface area contributed by atoms with E-state index in [2.05, 4.69) is 25.3 Å². The van der Waals surface area contributed by atoms with Crippen molar-refractivity contribution in [2.75, 3.05) is 10.6 Å². The van der Waals surface area contributed by atoms with Gasteiger partial charge in [0.15, 0.2) is 0 Å². The normalized spacial score (nSPS) is 12.0. The highest BCUT2D eigenvalue weighted by Crippen LogP contribution is 2.27. The summed E-state index contributed by atoms with van der Waals surface area (Å²) in [6, 6.07) is 23.5. The molecule has 218 valence electrons. The molecule has 14 heteroatoms. The Morgan fingerprint density at radius 3 is 2.37 bits per heavy atom. The second-order valence-electron chi connectivity index (χ2n) is 9.41. The van der Waals surface area contributed by atoms with Crippen LogP contribution in [0.25, 0.3) is 22.2 Å². The molecule has 1 heterocycles. The standard InChI is InChI=1S/C29H24N6O7S/c36-27(37)17-26(20-6-4-8-22(16-20)35(39)40)34-43(41,42)23-13-11-18(12-14-23)19-5-3-7-21(15-19)30-29(38)33-28-31-24-9-1-2-10-25(24)32-28/h1-16,26,34H,17H2,(H,36,37)(H3,30,31,32,33,38). The molecule has 0 saturated carbocycles. The van der Waals surface area contributed by atoms with E-state index in [9.17, 15) is 33.2 Å². The molecule has 0 bridgehead atoms. The first kappa shape index (κ1) is 28.9. The number of carbonyl (C=O) groups excluding carboxylic acids is 1. The number of amides is 2. The number of aromatic nitrogens is 2. The molecule has 1 atom stereocenters. The summed E-state index contributed by atoms with van der Waals surface area (Å²) in [5, 5.41) is 25.9. The number of aromatic amines is 1. The molecule has 1 unspecified atom stereocenters. The molecule has 5 rings (SSSR count). The largest absolute Gasteiger partial charge is 0.481 e. The van der Waals surface area contributed by atoms with E-state index in [0.29, 0.717) is 22.3 Å². The van der Waals surface area contributed by atoms with E-state index in [1.807, 2.05) is 24.3 Å². The number of hydrogen-bond donors (Lipinski definition) is 5. The van der Waals surface area contributed by atoms with E-state index in [4.69, 9.17) is 0 Å². The predicted octanol–water partition coefficient (Wildman–Crippen LogP) is 5.28. The lowest BCUT2D eigenvalue weighted by molar-refractivity contribution is -0.384. The number of rotatable bonds is 10. The molecule has 0 saturated heterocycles. The molecule has 43 heavy (non-hydrogen) atoms. The first-order chi connectivity index (χ1) is 20.6. The maximum Gasteiger partial charge on any atom is 0.326 e. The molecule has 0 aliphatic carbocycles. The van der Waals surface area contributed by atoms with Crippen LogP contribution in [-0.2, 0) is 14.8 Å². The van der Waals surface area contributed by atoms with Gasteiger partial charge in [-0.2, -0.15) is 0 Å². The van der Waals surface area contributed by atoms with Gasteiger partial charge in [-0.25, -0.2) is 22.9 Å². The number of imidazole rings is 1. The number of carbonyl (C=O) groups is 2. The molecule has 0 spiro atoms. The fourth-order valence-corrected chi connectivity index (χ4v) is 5.62. The van der Waals surface area contributed by atoms with Gasteiger partial charge in [0.05, 0.1) is 33.3 Å². The van der Waals surface area contributed by atoms with Gasteiger partial charge in [0.2, 0.25) is 16.0 Å². The number of nitro benzene ring substituents is 1. The quantitative estimate of drug-likeness (QED) is 0.105. The lowest BCUT2D eigenvalue weighted by Gasteiger charge is -2.18. The SMILES string of the molecule is O=C(O)CC(NS(=O)(=O)c1ccc(-c2cccc(NC(=O)Nc3nc4ccccc4[nH]3)c2)cc1)c1cccc([N+](=O)[O-])c1. The van der Waals surface area contributed by atoms with Crippen molar-refractivity contribution in [3.05, 3.63) is 113 Å². The number of sulfonamides is 1. The van der Waals surface area contributed by atoms with Crippen LogP contribution in [-0.4, -0.2) is 40.4 Å². The van der Waals surface area contributed by atoms with Crippen LogP contribution in [0.1, 0.15) is 18.0 Å². The first-order valence-electron chi connectivity index (χ1n) is 12.8. The Labute approximate surface area is 244 Å². The van der Waals surface area contributed by atoms with Crippen molar-refractivity contribution in [1.29, 1.82) is 0 Å². The number of urea groups is 1. The van der Waals surface area contributed by atoms with Gasteiger partial charge in [-0.3, -0.25) is 20.2 Å². The zero-order valence-corrected chi connectivity index (χ0v) is 23.0. The molecule has 0 aliphatic heterocycles. The Bertz CT molecular complexity index is 1910. The predicted molar refractivity (Wildman–Crippen MR) is 159 cm³/mol. The van der Waals surface area contributed by atoms with Crippen molar-refractivity contribution in [2.45, 2.75) is 17.4 Å². The average molecular weight is 601 g/mol. The minimum Gasteiger partial charge on any atom is -0.481 e. The molecule has 0 radical (unpaired) electrons. The highest BCUT2D eigenvalue weighted by molar-refractivity contribution is 7.89. The molecule has 0 fully saturated rings. The third-order valence-electron chi connectivity index (χ3n) is 6.40. The molecule has 5 aromatic rings. The Morgan fingerprint density at radius 1 is 0.907 bits per heavy atom. The number of fused-ring (bicyclic) bond motifs is 1. The molecular formula is C29H24N6O7S. The molecule has 13 nitrogen and oxygen atoms in total. The van der Waals surface area contributed by atoms with Crippen LogP contribution in [0.2, 0.25) is 0 Å². The number of benzene rings is 4. The van der Waals surface area contributed by atoms with E-state index in [0.717, 1.165) is 11.6 Å². The Morgan fingerprint density at radius 2 is 1.65 bits per heavy atom. The van der Waals surface area contributed by atoms with Crippen molar-refractivity contribution in [2.24, 2.45) is 0 Å². The van der Waals surface area contributed by atoms with Crippen molar-refractivity contribution in [1.82, 2.24) is 14.7 Å². The second kappa shape index (κ2) is 12.1. The average Bonchev–Trinajstić information content (AvgIpc) is 3.39. The Kier molecular flexibility index (Phi) is 8.14. The van der Waals surface area contributed by atoms with Crippen LogP contribution in [0.3, 0.4) is 0 Å². The van der Waals surface area contributed by atoms with Gasteiger partial charge in [0.1, 0.15) is 0 Å². The van der Waals surface area contributed by atoms with Gasteiger partial charge < -0.3 is 15.4 Å². The molecule has 5 N–H and O–H groups in total. The van der Waals surface area contributed by atoms with Crippen molar-refractivity contribution in [3.8, 4) is 11.1 Å². The number of nitrogens with zero attached hydrogens (tertiary/aromatic N) is 2. The van der Waals surface area contributed by atoms with Crippen LogP contribution in [0.15, 0.2) is 102 Å². The number of non-ortho nitro benzene ring substituents is 1. The Balaban J connectivity index is 1.29. The number of para-hydroxylation sites is 2. The van der Waals surface area contributed by atoms with E-state index >= 15 is 0 Å². The van der Waals surface area contributed by atoms with E-state index in [-0.39, 0.29) is 22.1 Å². The highest BCUT2D eigenvalue weighted by Gasteiger charge is 2.25. The van der Waals surface area contributed by atoms with Crippen molar-refractivity contribution >= 4 is 50.4 Å². The monoisotopic (exact) mass is 600 g/mol. The van der Waals surface area contributed by atoms with Gasteiger partial charge in [-0.1, -0.05) is 48.5 Å². The number of H-pyrrole nitrogens is 1. The van der Waals surface area contributed by atoms with Crippen LogP contribution in [0, 0.1) is 10.1 Å². The zero-order chi connectivity index (χ0) is 30.6. The number of carboxylic acid groups (broad SMARTS) is 1. The summed E-state index contributed by atoms with van der Waals surface area (Å²) < 4.78 is 28.6. The minimum absolute atomic E-state index is 0.128. The van der Waals surface area contributed by atoms with Gasteiger partial charge in [0, 0.05) is 17.8 Å². The first-order valence-corrected chi connectivity index (χ1v) is 14.3. The third kappa shape index (κ3) is 7.01. The number of anilines is 2. The van der Waals surface area contributed by atoms with Gasteiger partial charge in [-0.05, 0) is 53.1 Å². The van der Waals surface area contributed by atoms with Crippen LogP contribution in [0.4, 0.5) is 22.1 Å². The van der Waals surface area contributed by atoms with Crippen molar-refractivity contribution < 1.29 is 28.0 Å². The topological polar surface area (TPSA) is 196 Å². The summed E-state index contributed by atoms with van der Waals surface area (Å²) in [6.07, 6.45) is -0.623. The summed E-state index contributed by atoms with van der Waals surface area (Å²) in [5.74, 6) is -0.995. The van der Waals surface area contributed by atoms with E-state index < -0.39 is 39.4 Å². The fourth-order valence-electron chi connectivity index (χ4n) is 4.40. The zero-order valence-electron chi connectivity index (χ0n) is 22.2. The maximum absolute atomic E-state index is 13.1. The minimum atomic E-state index is -4.21. The summed E-state index contributed by atoms with van der Waals surface area (Å²) in [5.41, 5.74) is 3.17. The van der Waals surface area contributed by atoms with Crippen LogP contribution < -0.4 is 15.4 Å². The smallest absolute Gasteiger partial charge is 0.326 e. The molecule has 0 aliphatic rings. The molecular weight excluding hydrogens is 576 g/mol. The third-order valence-corrected chi connectivity index (χ3v) is 7.89. The second-order valence-corrected chi connectivity index (χ2v) is 11.1. The maximum atomic E-state index is 13.1. The number of hydrogen-bond acceptors (Lipinski definition) is 7. The van der Waals surface area contributed by atoms with Gasteiger partial charge >= 0.3 is 12.0 Å². The Hall–Kier alpha value is -5.60. The molecule has 4 aromatic carbocycles. The number of nitrogens with one attached hydrogen (secondary N) is 4.